The Morgan fingerprint density at radius 2 is 2.06 bits per heavy atom. The minimum Gasteiger partial charge on any atom is -0.376 e. The minimum atomic E-state index is -3.65. The van der Waals surface area contributed by atoms with Gasteiger partial charge in [0.2, 0.25) is 20.9 Å². The average molecular weight is 448 g/mol. The lowest BCUT2D eigenvalue weighted by Gasteiger charge is -2.25. The third kappa shape index (κ3) is 5.95. The summed E-state index contributed by atoms with van der Waals surface area (Å²) in [4.78, 5) is 18.3. The fourth-order valence-corrected chi connectivity index (χ4v) is 5.51. The van der Waals surface area contributed by atoms with Crippen molar-refractivity contribution < 1.29 is 17.9 Å². The van der Waals surface area contributed by atoms with Crippen molar-refractivity contribution in [2.75, 3.05) is 13.2 Å². The summed E-state index contributed by atoms with van der Waals surface area (Å²) in [6, 6.07) is 7.49. The minimum absolute atomic E-state index is 0.0367. The molecule has 0 N–H and O–H groups in total. The summed E-state index contributed by atoms with van der Waals surface area (Å²) in [5.74, 6) is 0.0713. The molecule has 0 radical (unpaired) electrons. The Morgan fingerprint density at radius 3 is 2.68 bits per heavy atom. The van der Waals surface area contributed by atoms with Gasteiger partial charge in [-0.15, -0.1) is 0 Å². The lowest BCUT2D eigenvalue weighted by atomic mass is 10.1. The number of aryl methyl sites for hydroxylation is 1. The standard InChI is InChI=1S/C23H33N3O4S/c1-17(2)13-26-21(14-25(19(4)27)15-22-10-7-11-30-22)12-24-23(26)31(28,29)16-20-9-6-5-8-18(20)3/h5-6,8-9,12,17,22H,7,10-11,13-16H2,1-4H3/t22-/m0/s1. The van der Waals surface area contributed by atoms with Gasteiger partial charge < -0.3 is 14.2 Å². The van der Waals surface area contributed by atoms with Crippen molar-refractivity contribution in [3.05, 3.63) is 47.3 Å². The van der Waals surface area contributed by atoms with E-state index in [1.165, 1.54) is 6.92 Å². The van der Waals surface area contributed by atoms with Crippen LogP contribution in [0.25, 0.3) is 0 Å². The van der Waals surface area contributed by atoms with Crippen LogP contribution in [0.3, 0.4) is 0 Å². The van der Waals surface area contributed by atoms with Crippen LogP contribution in [0.5, 0.6) is 0 Å². The van der Waals surface area contributed by atoms with Gasteiger partial charge in [-0.25, -0.2) is 13.4 Å². The highest BCUT2D eigenvalue weighted by atomic mass is 32.2. The van der Waals surface area contributed by atoms with Crippen molar-refractivity contribution in [1.82, 2.24) is 14.5 Å². The molecule has 1 saturated heterocycles. The molecule has 3 rings (SSSR count). The number of imidazole rings is 1. The van der Waals surface area contributed by atoms with Gasteiger partial charge in [-0.2, -0.15) is 0 Å². The zero-order valence-electron chi connectivity index (χ0n) is 18.9. The van der Waals surface area contributed by atoms with Crippen LogP contribution in [0, 0.1) is 12.8 Å². The van der Waals surface area contributed by atoms with E-state index < -0.39 is 9.84 Å². The largest absolute Gasteiger partial charge is 0.376 e. The molecule has 1 aliphatic rings. The van der Waals surface area contributed by atoms with Crippen molar-refractivity contribution in [2.24, 2.45) is 5.92 Å². The SMILES string of the molecule is CC(=O)N(Cc1cnc(S(=O)(=O)Cc2ccccc2C)n1CC(C)C)C[C@@H]1CCCO1. The number of rotatable bonds is 9. The van der Waals surface area contributed by atoms with Gasteiger partial charge in [0.15, 0.2) is 0 Å². The molecule has 2 heterocycles. The number of carbonyl (C=O) groups excluding carboxylic acids is 1. The van der Waals surface area contributed by atoms with Crippen LogP contribution in [-0.2, 0) is 38.2 Å². The molecule has 0 spiro atoms. The lowest BCUT2D eigenvalue weighted by Crippen LogP contribution is -2.36. The first-order chi connectivity index (χ1) is 14.7. The lowest BCUT2D eigenvalue weighted by molar-refractivity contribution is -0.131. The van der Waals surface area contributed by atoms with Crippen LogP contribution in [0.2, 0.25) is 0 Å². The smallest absolute Gasteiger partial charge is 0.228 e. The first-order valence-corrected chi connectivity index (χ1v) is 12.5. The van der Waals surface area contributed by atoms with Gasteiger partial charge in [0.05, 0.1) is 30.3 Å². The van der Waals surface area contributed by atoms with Gasteiger partial charge in [-0.3, -0.25) is 4.79 Å². The summed E-state index contributed by atoms with van der Waals surface area (Å²) >= 11 is 0. The molecule has 7 nitrogen and oxygen atoms in total. The van der Waals surface area contributed by atoms with Crippen LogP contribution in [0.4, 0.5) is 0 Å². The third-order valence-corrected chi connectivity index (χ3v) is 7.15. The number of aromatic nitrogens is 2. The Labute approximate surface area is 185 Å². The molecule has 0 unspecified atom stereocenters. The van der Waals surface area contributed by atoms with Crippen molar-refractivity contribution in [1.29, 1.82) is 0 Å². The summed E-state index contributed by atoms with van der Waals surface area (Å²) < 4.78 is 34.0. The predicted octanol–water partition coefficient (Wildman–Crippen LogP) is 3.35. The van der Waals surface area contributed by atoms with E-state index in [-0.39, 0.29) is 28.8 Å². The Kier molecular flexibility index (Phi) is 7.54. The number of carbonyl (C=O) groups is 1. The second-order valence-electron chi connectivity index (χ2n) is 8.76. The second-order valence-corrected chi connectivity index (χ2v) is 10.6. The number of benzene rings is 1. The maximum absolute atomic E-state index is 13.3. The highest BCUT2D eigenvalue weighted by molar-refractivity contribution is 7.90. The maximum Gasteiger partial charge on any atom is 0.228 e. The average Bonchev–Trinajstić information content (AvgIpc) is 3.33. The number of ether oxygens (including phenoxy) is 1. The number of hydrogen-bond donors (Lipinski definition) is 0. The molecule has 1 fully saturated rings. The second kappa shape index (κ2) is 9.96. The van der Waals surface area contributed by atoms with Crippen molar-refractivity contribution in [3.8, 4) is 0 Å². The fourth-order valence-electron chi connectivity index (χ4n) is 3.90. The zero-order valence-corrected chi connectivity index (χ0v) is 19.7. The molecule has 1 aliphatic heterocycles. The molecular weight excluding hydrogens is 414 g/mol. The van der Waals surface area contributed by atoms with Crippen LogP contribution in [0.15, 0.2) is 35.6 Å². The molecular formula is C23H33N3O4S. The molecule has 8 heteroatoms. The first kappa shape index (κ1) is 23.5. The van der Waals surface area contributed by atoms with Gasteiger partial charge in [-0.05, 0) is 36.8 Å². The predicted molar refractivity (Wildman–Crippen MR) is 119 cm³/mol. The highest BCUT2D eigenvalue weighted by Crippen LogP contribution is 2.22. The summed E-state index contributed by atoms with van der Waals surface area (Å²) in [5, 5.41) is 0.0695. The molecule has 1 aromatic heterocycles. The summed E-state index contributed by atoms with van der Waals surface area (Å²) in [7, 11) is -3.65. The van der Waals surface area contributed by atoms with Crippen LogP contribution in [-0.4, -0.2) is 48.0 Å². The fraction of sp³-hybridized carbons (Fsp3) is 0.565. The van der Waals surface area contributed by atoms with Crippen LogP contribution >= 0.6 is 0 Å². The molecule has 31 heavy (non-hydrogen) atoms. The van der Waals surface area contributed by atoms with Gasteiger partial charge in [0.1, 0.15) is 0 Å². The molecule has 170 valence electrons. The molecule has 0 bridgehead atoms. The Balaban J connectivity index is 1.89. The third-order valence-electron chi connectivity index (χ3n) is 5.58. The number of nitrogens with zero attached hydrogens (tertiary/aromatic N) is 3. The number of hydrogen-bond acceptors (Lipinski definition) is 5. The van der Waals surface area contributed by atoms with Crippen molar-refractivity contribution in [2.45, 2.75) is 70.6 Å². The van der Waals surface area contributed by atoms with Gasteiger partial charge in [0.25, 0.3) is 0 Å². The Bertz CT molecular complexity index is 1010. The summed E-state index contributed by atoms with van der Waals surface area (Å²) in [6.07, 6.45) is 3.57. The maximum atomic E-state index is 13.3. The monoisotopic (exact) mass is 447 g/mol. The van der Waals surface area contributed by atoms with Gasteiger partial charge >= 0.3 is 0 Å². The zero-order chi connectivity index (χ0) is 22.6. The molecule has 1 atom stereocenters. The number of sulfone groups is 1. The first-order valence-electron chi connectivity index (χ1n) is 10.9. The van der Waals surface area contributed by atoms with E-state index in [9.17, 15) is 13.2 Å². The Hall–Kier alpha value is -2.19. The van der Waals surface area contributed by atoms with Crippen LogP contribution < -0.4 is 0 Å². The van der Waals surface area contributed by atoms with Crippen molar-refractivity contribution in [3.63, 3.8) is 0 Å². The molecule has 0 aliphatic carbocycles. The van der Waals surface area contributed by atoms with Crippen LogP contribution in [0.1, 0.15) is 50.4 Å². The molecule has 1 aromatic carbocycles. The van der Waals surface area contributed by atoms with E-state index in [1.807, 2.05) is 45.0 Å². The van der Waals surface area contributed by atoms with E-state index in [0.29, 0.717) is 19.6 Å². The van der Waals surface area contributed by atoms with Gasteiger partial charge in [0, 0.05) is 26.6 Å². The van der Waals surface area contributed by atoms with E-state index in [4.69, 9.17) is 4.74 Å². The molecule has 2 aromatic rings. The summed E-state index contributed by atoms with van der Waals surface area (Å²) in [6.45, 7) is 9.59. The highest BCUT2D eigenvalue weighted by Gasteiger charge is 2.27. The van der Waals surface area contributed by atoms with E-state index >= 15 is 0 Å². The normalized spacial score (nSPS) is 16.7. The quantitative estimate of drug-likeness (QED) is 0.589. The Morgan fingerprint density at radius 1 is 1.32 bits per heavy atom. The number of amides is 1. The molecule has 1 amide bonds. The molecule has 0 saturated carbocycles. The van der Waals surface area contributed by atoms with E-state index in [0.717, 1.165) is 36.3 Å². The van der Waals surface area contributed by atoms with E-state index in [2.05, 4.69) is 4.98 Å². The van der Waals surface area contributed by atoms with Gasteiger partial charge in [-0.1, -0.05) is 38.1 Å². The summed E-state index contributed by atoms with van der Waals surface area (Å²) in [5.41, 5.74) is 2.43. The topological polar surface area (TPSA) is 81.5 Å². The van der Waals surface area contributed by atoms with E-state index in [1.54, 1.807) is 15.7 Å². The van der Waals surface area contributed by atoms with Crippen molar-refractivity contribution >= 4 is 15.7 Å².